The highest BCUT2D eigenvalue weighted by Gasteiger charge is 2.27. The van der Waals surface area contributed by atoms with Crippen LogP contribution in [0, 0.1) is 10.1 Å². The number of primary amides is 1. The van der Waals surface area contributed by atoms with E-state index in [9.17, 15) is 20.0 Å². The SMILES string of the molecule is Cl.NCCC[C@H](C(N)=O)N(Cc1ccc(O)cc1)C(N)=N[N+](=O)[O-]. The summed E-state index contributed by atoms with van der Waals surface area (Å²) in [4.78, 5) is 23.5. The average Bonchev–Trinajstić information content (AvgIpc) is 2.47. The molecule has 10 nitrogen and oxygen atoms in total. The molecule has 0 radical (unpaired) electrons. The van der Waals surface area contributed by atoms with Crippen molar-refractivity contribution in [2.75, 3.05) is 6.54 Å². The molecule has 1 amide bonds. The van der Waals surface area contributed by atoms with Crippen molar-refractivity contribution in [2.45, 2.75) is 25.4 Å². The molecule has 11 heteroatoms. The maximum atomic E-state index is 11.7. The normalized spacial score (nSPS) is 12.1. The number of aromatic hydroxyl groups is 1. The summed E-state index contributed by atoms with van der Waals surface area (Å²) in [6, 6.07) is 5.23. The number of hydrogen-bond acceptors (Lipinski definition) is 5. The number of carbonyl (C=O) groups excluding carboxylic acids is 1. The Kier molecular flexibility index (Phi) is 9.13. The number of hydrazone groups is 1. The Morgan fingerprint density at radius 3 is 2.38 bits per heavy atom. The number of halogens is 1. The molecule has 0 aliphatic carbocycles. The van der Waals surface area contributed by atoms with Gasteiger partial charge in [0.1, 0.15) is 16.9 Å². The number of rotatable bonds is 8. The summed E-state index contributed by atoms with van der Waals surface area (Å²) in [5.41, 5.74) is 17.1. The van der Waals surface area contributed by atoms with E-state index in [0.717, 1.165) is 0 Å². The second-order valence-corrected chi connectivity index (χ2v) is 4.84. The molecule has 0 bridgehead atoms. The van der Waals surface area contributed by atoms with Gasteiger partial charge in [-0.1, -0.05) is 12.1 Å². The van der Waals surface area contributed by atoms with Gasteiger partial charge in [-0.2, -0.15) is 0 Å². The molecule has 24 heavy (non-hydrogen) atoms. The van der Waals surface area contributed by atoms with Crippen LogP contribution in [0.15, 0.2) is 29.4 Å². The Labute approximate surface area is 144 Å². The molecule has 0 heterocycles. The van der Waals surface area contributed by atoms with E-state index in [1.165, 1.54) is 17.0 Å². The zero-order valence-corrected chi connectivity index (χ0v) is 13.7. The molecule has 1 aromatic rings. The smallest absolute Gasteiger partial charge is 0.269 e. The first-order chi connectivity index (χ1) is 10.8. The van der Waals surface area contributed by atoms with Gasteiger partial charge in [0.25, 0.3) is 5.96 Å². The van der Waals surface area contributed by atoms with E-state index in [1.807, 2.05) is 0 Å². The molecule has 0 aliphatic heterocycles. The summed E-state index contributed by atoms with van der Waals surface area (Å²) >= 11 is 0. The van der Waals surface area contributed by atoms with E-state index in [1.54, 1.807) is 12.1 Å². The molecule has 0 unspecified atom stereocenters. The fourth-order valence-electron chi connectivity index (χ4n) is 2.05. The first kappa shape index (κ1) is 21.4. The van der Waals surface area contributed by atoms with Crippen LogP contribution in [0.25, 0.3) is 0 Å². The minimum Gasteiger partial charge on any atom is -0.508 e. The molecular weight excluding hydrogens is 340 g/mol. The van der Waals surface area contributed by atoms with Crippen molar-refractivity contribution in [3.63, 3.8) is 0 Å². The highest BCUT2D eigenvalue weighted by atomic mass is 35.5. The minimum absolute atomic E-state index is 0. The molecule has 1 rings (SSSR count). The quantitative estimate of drug-likeness (QED) is 0.213. The van der Waals surface area contributed by atoms with Gasteiger partial charge in [-0.05, 0) is 37.1 Å². The molecule has 1 aromatic carbocycles. The maximum absolute atomic E-state index is 11.7. The Hall–Kier alpha value is -2.59. The third kappa shape index (κ3) is 6.67. The van der Waals surface area contributed by atoms with E-state index >= 15 is 0 Å². The van der Waals surface area contributed by atoms with Gasteiger partial charge in [0.05, 0.1) is 0 Å². The van der Waals surface area contributed by atoms with Crippen molar-refractivity contribution in [2.24, 2.45) is 22.3 Å². The minimum atomic E-state index is -0.944. The lowest BCUT2D eigenvalue weighted by atomic mass is 10.1. The van der Waals surface area contributed by atoms with E-state index in [4.69, 9.17) is 17.2 Å². The Morgan fingerprint density at radius 2 is 1.92 bits per heavy atom. The van der Waals surface area contributed by atoms with Gasteiger partial charge in [0.15, 0.2) is 5.03 Å². The number of amides is 1. The van der Waals surface area contributed by atoms with Crippen molar-refractivity contribution >= 4 is 24.3 Å². The van der Waals surface area contributed by atoms with Gasteiger partial charge in [0, 0.05) is 6.54 Å². The summed E-state index contributed by atoms with van der Waals surface area (Å²) in [7, 11) is 0. The van der Waals surface area contributed by atoms with E-state index in [2.05, 4.69) is 5.10 Å². The van der Waals surface area contributed by atoms with Crippen LogP contribution < -0.4 is 17.2 Å². The molecule has 1 atom stereocenters. The van der Waals surface area contributed by atoms with Gasteiger partial charge >= 0.3 is 0 Å². The molecule has 0 saturated heterocycles. The highest BCUT2D eigenvalue weighted by Crippen LogP contribution is 2.15. The largest absolute Gasteiger partial charge is 0.508 e. The molecule has 0 aliphatic rings. The van der Waals surface area contributed by atoms with Crippen LogP contribution >= 0.6 is 12.4 Å². The first-order valence-electron chi connectivity index (χ1n) is 6.87. The van der Waals surface area contributed by atoms with Crippen LogP contribution in [0.2, 0.25) is 0 Å². The van der Waals surface area contributed by atoms with E-state index in [-0.39, 0.29) is 31.1 Å². The van der Waals surface area contributed by atoms with Gasteiger partial charge in [0.2, 0.25) is 5.91 Å². The lowest BCUT2D eigenvalue weighted by Crippen LogP contribution is -2.50. The number of nitrogens with zero attached hydrogens (tertiary/aromatic N) is 3. The Balaban J connectivity index is 0.00000529. The number of hydrogen-bond donors (Lipinski definition) is 4. The third-order valence-corrected chi connectivity index (χ3v) is 3.15. The van der Waals surface area contributed by atoms with Crippen molar-refractivity contribution in [1.29, 1.82) is 0 Å². The summed E-state index contributed by atoms with van der Waals surface area (Å²) < 4.78 is 0. The Bertz CT molecular complexity index is 580. The number of carbonyl (C=O) groups is 1. The topological polar surface area (TPSA) is 174 Å². The molecule has 0 spiro atoms. The molecule has 0 fully saturated rings. The van der Waals surface area contributed by atoms with Crippen molar-refractivity contribution in [3.05, 3.63) is 39.9 Å². The number of phenols is 1. The predicted molar refractivity (Wildman–Crippen MR) is 90.8 cm³/mol. The summed E-state index contributed by atoms with van der Waals surface area (Å²) in [5, 5.41) is 22.0. The van der Waals surface area contributed by atoms with Gasteiger partial charge in [-0.25, -0.2) is 10.1 Å². The number of nitrogens with two attached hydrogens (primary N) is 3. The number of phenolic OH excluding ortho intramolecular Hbond substituents is 1. The van der Waals surface area contributed by atoms with Crippen molar-refractivity contribution < 1.29 is 14.9 Å². The standard InChI is InChI=1S/C13H20N6O4.ClH/c14-7-1-2-11(12(15)21)18(13(16)17-19(22)23)8-9-3-5-10(20)6-4-9;/h3-6,11,20H,1-2,7-8,14H2,(H2,15,21)(H2,16,17);1H/t11-;/m1./s1. The number of benzene rings is 1. The second-order valence-electron chi connectivity index (χ2n) is 4.84. The van der Waals surface area contributed by atoms with E-state index < -0.39 is 22.9 Å². The van der Waals surface area contributed by atoms with Crippen molar-refractivity contribution in [1.82, 2.24) is 4.90 Å². The lowest BCUT2D eigenvalue weighted by molar-refractivity contribution is -0.485. The lowest BCUT2D eigenvalue weighted by Gasteiger charge is -2.29. The zero-order chi connectivity index (χ0) is 17.4. The molecule has 134 valence electrons. The van der Waals surface area contributed by atoms with Crippen LogP contribution in [-0.2, 0) is 11.3 Å². The Morgan fingerprint density at radius 1 is 1.33 bits per heavy atom. The zero-order valence-electron chi connectivity index (χ0n) is 12.9. The highest BCUT2D eigenvalue weighted by molar-refractivity contribution is 5.87. The molecule has 0 saturated carbocycles. The van der Waals surface area contributed by atoms with Crippen LogP contribution in [-0.4, -0.2) is 39.5 Å². The summed E-state index contributed by atoms with van der Waals surface area (Å²) in [5.74, 6) is -1.04. The average molecular weight is 361 g/mol. The summed E-state index contributed by atoms with van der Waals surface area (Å²) in [6.07, 6.45) is 0.781. The third-order valence-electron chi connectivity index (χ3n) is 3.15. The fraction of sp³-hybridized carbons (Fsp3) is 0.385. The van der Waals surface area contributed by atoms with Crippen molar-refractivity contribution in [3.8, 4) is 5.75 Å². The second kappa shape index (κ2) is 10.2. The van der Waals surface area contributed by atoms with E-state index in [0.29, 0.717) is 18.5 Å². The van der Waals surface area contributed by atoms with Gasteiger partial charge in [-0.15, -0.1) is 12.4 Å². The molecule has 7 N–H and O–H groups in total. The van der Waals surface area contributed by atoms with Crippen LogP contribution in [0.3, 0.4) is 0 Å². The predicted octanol–water partition coefficient (Wildman–Crippen LogP) is -0.285. The number of guanidine groups is 1. The molecular formula is C13H21ClN6O4. The van der Waals surface area contributed by atoms with Gasteiger partial charge in [-0.3, -0.25) is 4.79 Å². The number of nitro groups is 1. The van der Waals surface area contributed by atoms with Crippen LogP contribution in [0.5, 0.6) is 5.75 Å². The molecule has 0 aromatic heterocycles. The maximum Gasteiger partial charge on any atom is 0.269 e. The van der Waals surface area contributed by atoms with Crippen LogP contribution in [0.1, 0.15) is 18.4 Å². The first-order valence-corrected chi connectivity index (χ1v) is 6.87. The van der Waals surface area contributed by atoms with Crippen LogP contribution in [0.4, 0.5) is 0 Å². The monoisotopic (exact) mass is 360 g/mol. The summed E-state index contributed by atoms with van der Waals surface area (Å²) in [6.45, 7) is 0.407. The fourth-order valence-corrected chi connectivity index (χ4v) is 2.05. The van der Waals surface area contributed by atoms with Gasteiger partial charge < -0.3 is 27.2 Å².